The fourth-order valence-electron chi connectivity index (χ4n) is 2.16. The number of hydrogen-bond acceptors (Lipinski definition) is 6. The Morgan fingerprint density at radius 3 is 2.50 bits per heavy atom. The van der Waals surface area contributed by atoms with Gasteiger partial charge in [0.1, 0.15) is 5.75 Å². The van der Waals surface area contributed by atoms with Gasteiger partial charge in [0.25, 0.3) is 0 Å². The van der Waals surface area contributed by atoms with Gasteiger partial charge in [-0.25, -0.2) is 0 Å². The molecule has 2 N–H and O–H groups in total. The first-order chi connectivity index (χ1) is 11.4. The average Bonchev–Trinajstić information content (AvgIpc) is 2.56. The van der Waals surface area contributed by atoms with Gasteiger partial charge in [0.05, 0.1) is 40.0 Å². The first-order valence-electron chi connectivity index (χ1n) is 6.64. The number of hydrogen-bond donors (Lipinski definition) is 2. The molecule has 0 fully saturated rings. The molecular formula is C16H12Cl2N2O4. The zero-order valence-electron chi connectivity index (χ0n) is 12.5. The van der Waals surface area contributed by atoms with Crippen LogP contribution in [0, 0.1) is 11.3 Å². The van der Waals surface area contributed by atoms with Crippen molar-refractivity contribution in [3.05, 3.63) is 57.1 Å². The number of benzene rings is 2. The van der Waals surface area contributed by atoms with Gasteiger partial charge in [0.2, 0.25) is 0 Å². The van der Waals surface area contributed by atoms with Crippen LogP contribution in [0.25, 0.3) is 0 Å². The van der Waals surface area contributed by atoms with Crippen molar-refractivity contribution in [3.63, 3.8) is 0 Å². The molecule has 0 aliphatic carbocycles. The highest BCUT2D eigenvalue weighted by molar-refractivity contribution is 6.42. The summed E-state index contributed by atoms with van der Waals surface area (Å²) in [5.41, 5.74) is 0.822. The van der Waals surface area contributed by atoms with Crippen molar-refractivity contribution in [2.24, 2.45) is 0 Å². The van der Waals surface area contributed by atoms with E-state index in [9.17, 15) is 15.2 Å². The number of ketones is 1. The highest BCUT2D eigenvalue weighted by Gasteiger charge is 2.18. The number of anilines is 1. The maximum absolute atomic E-state index is 12.5. The second kappa shape index (κ2) is 7.51. The summed E-state index contributed by atoms with van der Waals surface area (Å²) >= 11 is 11.8. The van der Waals surface area contributed by atoms with E-state index in [2.05, 4.69) is 0 Å². The van der Waals surface area contributed by atoms with E-state index in [-0.39, 0.29) is 50.0 Å². The minimum Gasteiger partial charge on any atom is -0.496 e. The molecule has 0 atom stereocenters. The van der Waals surface area contributed by atoms with Gasteiger partial charge < -0.3 is 4.74 Å². The Balaban J connectivity index is 2.40. The molecule has 0 aliphatic rings. The van der Waals surface area contributed by atoms with Crippen LogP contribution in [-0.2, 0) is 6.42 Å². The maximum Gasteiger partial charge on any atom is 0.171 e. The number of carbonyl (C=O) groups excluding carboxylic acids is 1. The van der Waals surface area contributed by atoms with Crippen molar-refractivity contribution in [1.82, 2.24) is 0 Å². The molecule has 2 aromatic rings. The van der Waals surface area contributed by atoms with Crippen LogP contribution in [0.1, 0.15) is 21.5 Å². The quantitative estimate of drug-likeness (QED) is 0.615. The molecule has 0 saturated carbocycles. The van der Waals surface area contributed by atoms with Crippen molar-refractivity contribution < 1.29 is 19.9 Å². The molecule has 0 bridgehead atoms. The lowest BCUT2D eigenvalue weighted by Gasteiger charge is -2.15. The van der Waals surface area contributed by atoms with Gasteiger partial charge in [0.15, 0.2) is 5.78 Å². The molecule has 0 radical (unpaired) electrons. The van der Waals surface area contributed by atoms with Crippen LogP contribution in [0.5, 0.6) is 5.75 Å². The molecule has 0 amide bonds. The molecule has 0 spiro atoms. The number of halogens is 2. The third kappa shape index (κ3) is 3.78. The smallest absolute Gasteiger partial charge is 0.171 e. The van der Waals surface area contributed by atoms with E-state index >= 15 is 0 Å². The second-order valence-electron chi connectivity index (χ2n) is 4.81. The van der Waals surface area contributed by atoms with E-state index in [4.69, 9.17) is 33.2 Å². The lowest BCUT2D eigenvalue weighted by molar-refractivity contribution is 0.0287. The third-order valence-corrected chi connectivity index (χ3v) is 4.04. The summed E-state index contributed by atoms with van der Waals surface area (Å²) in [5, 5.41) is 27.6. The minimum absolute atomic E-state index is 0.0645. The predicted molar refractivity (Wildman–Crippen MR) is 88.3 cm³/mol. The van der Waals surface area contributed by atoms with Crippen molar-refractivity contribution in [2.45, 2.75) is 6.42 Å². The van der Waals surface area contributed by atoms with Crippen molar-refractivity contribution >= 4 is 34.7 Å². The molecule has 0 heterocycles. The van der Waals surface area contributed by atoms with Crippen LogP contribution in [-0.4, -0.2) is 23.3 Å². The first kappa shape index (κ1) is 18.0. The zero-order chi connectivity index (χ0) is 17.9. The molecule has 8 heteroatoms. The monoisotopic (exact) mass is 366 g/mol. The van der Waals surface area contributed by atoms with Crippen molar-refractivity contribution in [1.29, 1.82) is 5.26 Å². The molecule has 2 rings (SSSR count). The van der Waals surface area contributed by atoms with Crippen molar-refractivity contribution in [3.8, 4) is 11.8 Å². The van der Waals surface area contributed by atoms with Crippen molar-refractivity contribution in [2.75, 3.05) is 12.3 Å². The Hall–Kier alpha value is -2.30. The molecule has 0 aromatic heterocycles. The van der Waals surface area contributed by atoms with Crippen LogP contribution in [0.4, 0.5) is 5.69 Å². The van der Waals surface area contributed by atoms with E-state index in [1.54, 1.807) is 0 Å². The number of nitriles is 1. The van der Waals surface area contributed by atoms with E-state index < -0.39 is 0 Å². The third-order valence-electron chi connectivity index (χ3n) is 3.32. The number of nitrogens with zero attached hydrogens (tertiary/aromatic N) is 2. The summed E-state index contributed by atoms with van der Waals surface area (Å²) in [6.07, 6.45) is -0.175. The summed E-state index contributed by atoms with van der Waals surface area (Å²) in [5.74, 6) is -0.0941. The summed E-state index contributed by atoms with van der Waals surface area (Å²) in [6.45, 7) is 0. The molecule has 124 valence electrons. The van der Waals surface area contributed by atoms with E-state index in [1.807, 2.05) is 6.07 Å². The normalized spacial score (nSPS) is 10.2. The van der Waals surface area contributed by atoms with Gasteiger partial charge in [-0.2, -0.15) is 5.26 Å². The Morgan fingerprint density at radius 2 is 1.92 bits per heavy atom. The molecule has 24 heavy (non-hydrogen) atoms. The van der Waals surface area contributed by atoms with Crippen LogP contribution >= 0.6 is 23.2 Å². The number of carbonyl (C=O) groups is 1. The summed E-state index contributed by atoms with van der Waals surface area (Å²) in [6, 6.07) is 9.01. The van der Waals surface area contributed by atoms with Crippen LogP contribution in [0.2, 0.25) is 10.0 Å². The summed E-state index contributed by atoms with van der Waals surface area (Å²) in [7, 11) is 1.39. The topological polar surface area (TPSA) is 93.8 Å². The first-order valence-corrected chi connectivity index (χ1v) is 7.40. The standard InChI is InChI=1S/C16H12Cl2N2O4/c1-24-16-4-9(8-19)2-3-11(16)15(21)6-10-5-12(17)13(18)7-14(10)20(22)23/h2-5,7,22-23H,6H2,1H3. The van der Waals surface area contributed by atoms with Crippen LogP contribution in [0.3, 0.4) is 0 Å². The molecule has 2 aromatic carbocycles. The number of ether oxygens (including phenoxy) is 1. The van der Waals surface area contributed by atoms with Gasteiger partial charge in [-0.3, -0.25) is 15.2 Å². The van der Waals surface area contributed by atoms with Gasteiger partial charge in [-0.1, -0.05) is 23.2 Å². The van der Waals surface area contributed by atoms with Gasteiger partial charge in [0, 0.05) is 6.42 Å². The van der Waals surface area contributed by atoms with Gasteiger partial charge in [-0.15, -0.1) is 5.23 Å². The molecule has 0 unspecified atom stereocenters. The van der Waals surface area contributed by atoms with Crippen LogP contribution < -0.4 is 9.96 Å². The Morgan fingerprint density at radius 1 is 1.25 bits per heavy atom. The number of rotatable bonds is 5. The fraction of sp³-hybridized carbons (Fsp3) is 0.125. The van der Waals surface area contributed by atoms with Gasteiger partial charge >= 0.3 is 0 Å². The maximum atomic E-state index is 12.5. The SMILES string of the molecule is COc1cc(C#N)ccc1C(=O)Cc1cc(Cl)c(Cl)cc1N(O)O. The Bertz CT molecular complexity index is 832. The second-order valence-corrected chi connectivity index (χ2v) is 5.63. The minimum atomic E-state index is -0.349. The molecule has 0 saturated heterocycles. The summed E-state index contributed by atoms with van der Waals surface area (Å²) in [4.78, 5) is 12.5. The Kier molecular flexibility index (Phi) is 5.65. The average molecular weight is 367 g/mol. The van der Waals surface area contributed by atoms with Gasteiger partial charge in [-0.05, 0) is 35.9 Å². The van der Waals surface area contributed by atoms with E-state index in [0.717, 1.165) is 0 Å². The predicted octanol–water partition coefficient (Wildman–Crippen LogP) is 3.88. The summed E-state index contributed by atoms with van der Waals surface area (Å²) < 4.78 is 5.14. The van der Waals surface area contributed by atoms with E-state index in [1.165, 1.54) is 37.4 Å². The number of methoxy groups -OCH3 is 1. The highest BCUT2D eigenvalue weighted by Crippen LogP contribution is 2.32. The fourth-order valence-corrected chi connectivity index (χ4v) is 2.51. The highest BCUT2D eigenvalue weighted by atomic mass is 35.5. The Labute approximate surface area is 147 Å². The lowest BCUT2D eigenvalue weighted by Crippen LogP contribution is -2.15. The molecule has 6 nitrogen and oxygen atoms in total. The zero-order valence-corrected chi connectivity index (χ0v) is 14.0. The number of Topliss-reactive ketones (excluding diaryl/α,β-unsaturated/α-hetero) is 1. The van der Waals surface area contributed by atoms with E-state index in [0.29, 0.717) is 5.56 Å². The van der Waals surface area contributed by atoms with Crippen LogP contribution in [0.15, 0.2) is 30.3 Å². The molecule has 0 aliphatic heterocycles. The largest absolute Gasteiger partial charge is 0.496 e. The lowest BCUT2D eigenvalue weighted by atomic mass is 10.00. The molecular weight excluding hydrogens is 355 g/mol.